The van der Waals surface area contributed by atoms with Gasteiger partial charge in [-0.1, -0.05) is 30.3 Å². The third kappa shape index (κ3) is 4.07. The van der Waals surface area contributed by atoms with Crippen LogP contribution in [0.5, 0.6) is 0 Å². The molecule has 0 aliphatic carbocycles. The molecular weight excluding hydrogens is 393 g/mol. The van der Waals surface area contributed by atoms with Crippen LogP contribution in [-0.4, -0.2) is 21.2 Å². The van der Waals surface area contributed by atoms with E-state index in [2.05, 4.69) is 15.2 Å². The first-order valence-corrected chi connectivity index (χ1v) is 9.66. The molecule has 0 aliphatic heterocycles. The van der Waals surface area contributed by atoms with Gasteiger partial charge in [-0.15, -0.1) is 21.5 Å². The Hall–Kier alpha value is -3.39. The van der Waals surface area contributed by atoms with Crippen molar-refractivity contribution < 1.29 is 18.3 Å². The van der Waals surface area contributed by atoms with Crippen molar-refractivity contribution in [3.05, 3.63) is 76.9 Å². The number of carbonyl (C=O) groups excluding carboxylic acids is 1. The van der Waals surface area contributed by atoms with Crippen molar-refractivity contribution in [1.29, 1.82) is 0 Å². The van der Waals surface area contributed by atoms with Crippen molar-refractivity contribution >= 4 is 17.3 Å². The zero-order valence-corrected chi connectivity index (χ0v) is 16.4. The Morgan fingerprint density at radius 2 is 1.79 bits per heavy atom. The van der Waals surface area contributed by atoms with E-state index in [-0.39, 0.29) is 17.6 Å². The molecule has 0 aliphatic rings. The molecule has 29 heavy (non-hydrogen) atoms. The average Bonchev–Trinajstić information content (AvgIpc) is 3.36. The highest BCUT2D eigenvalue weighted by atomic mass is 32.1. The summed E-state index contributed by atoms with van der Waals surface area (Å²) in [6.07, 6.45) is -0.745. The van der Waals surface area contributed by atoms with E-state index < -0.39 is 12.1 Å². The van der Waals surface area contributed by atoms with E-state index in [0.717, 1.165) is 10.6 Å². The molecular formula is C21H16FN3O3S. The molecule has 146 valence electrons. The fourth-order valence-corrected chi connectivity index (χ4v) is 3.62. The molecule has 0 N–H and O–H groups in total. The van der Waals surface area contributed by atoms with Crippen LogP contribution in [0.25, 0.3) is 22.0 Å². The van der Waals surface area contributed by atoms with Gasteiger partial charge in [-0.2, -0.15) is 0 Å². The monoisotopic (exact) mass is 409 g/mol. The number of rotatable bonds is 5. The topological polar surface area (TPSA) is 78.1 Å². The summed E-state index contributed by atoms with van der Waals surface area (Å²) in [6, 6.07) is 15.3. The summed E-state index contributed by atoms with van der Waals surface area (Å²) in [6.45, 7) is 3.41. The number of hydrogen-bond acceptors (Lipinski definition) is 7. The third-order valence-corrected chi connectivity index (χ3v) is 5.35. The van der Waals surface area contributed by atoms with Gasteiger partial charge < -0.3 is 9.15 Å². The lowest BCUT2D eigenvalue weighted by atomic mass is 10.2. The second-order valence-electron chi connectivity index (χ2n) is 6.30. The van der Waals surface area contributed by atoms with Crippen LogP contribution in [0.3, 0.4) is 0 Å². The number of esters is 1. The van der Waals surface area contributed by atoms with Crippen molar-refractivity contribution in [2.75, 3.05) is 0 Å². The molecule has 2 aromatic carbocycles. The molecule has 0 saturated heterocycles. The van der Waals surface area contributed by atoms with Crippen LogP contribution >= 0.6 is 11.3 Å². The minimum absolute atomic E-state index is 0.156. The molecule has 0 amide bonds. The molecule has 0 fully saturated rings. The Morgan fingerprint density at radius 3 is 2.52 bits per heavy atom. The normalized spacial score (nSPS) is 12.0. The van der Waals surface area contributed by atoms with Crippen LogP contribution in [0.15, 0.2) is 59.0 Å². The molecule has 0 spiro atoms. The van der Waals surface area contributed by atoms with Crippen LogP contribution in [0.4, 0.5) is 4.39 Å². The van der Waals surface area contributed by atoms with Gasteiger partial charge in [-0.05, 0) is 38.1 Å². The predicted octanol–water partition coefficient (Wildman–Crippen LogP) is 5.23. The minimum Gasteiger partial charge on any atom is -0.448 e. The maximum atomic E-state index is 13.1. The van der Waals surface area contributed by atoms with E-state index in [1.807, 2.05) is 30.3 Å². The first-order chi connectivity index (χ1) is 14.0. The summed E-state index contributed by atoms with van der Waals surface area (Å²) in [5.74, 6) is -0.479. The van der Waals surface area contributed by atoms with Gasteiger partial charge >= 0.3 is 5.97 Å². The standard InChI is InChI=1S/C21H16FN3O3S/c1-12-17(29-20(23-12)15-6-4-3-5-7-15)21(26)27-13(2)18-24-25-19(28-18)14-8-10-16(22)11-9-14/h3-11,13H,1-2H3/t13-/m1/s1. The first kappa shape index (κ1) is 18.9. The Bertz CT molecular complexity index is 1140. The lowest BCUT2D eigenvalue weighted by Gasteiger charge is -2.08. The molecule has 0 radical (unpaired) electrons. The van der Waals surface area contributed by atoms with Gasteiger partial charge in [-0.3, -0.25) is 0 Å². The fraction of sp³-hybridized carbons (Fsp3) is 0.143. The van der Waals surface area contributed by atoms with Crippen LogP contribution < -0.4 is 0 Å². The number of halogens is 1. The van der Waals surface area contributed by atoms with Gasteiger partial charge in [0.1, 0.15) is 15.7 Å². The highest BCUT2D eigenvalue weighted by molar-refractivity contribution is 7.17. The summed E-state index contributed by atoms with van der Waals surface area (Å²) in [7, 11) is 0. The summed E-state index contributed by atoms with van der Waals surface area (Å²) in [5.41, 5.74) is 2.12. The van der Waals surface area contributed by atoms with Crippen LogP contribution in [-0.2, 0) is 4.74 Å². The highest BCUT2D eigenvalue weighted by Gasteiger charge is 2.23. The Kier molecular flexibility index (Phi) is 5.18. The lowest BCUT2D eigenvalue weighted by Crippen LogP contribution is -2.09. The molecule has 1 atom stereocenters. The Labute approximate surface area is 170 Å². The molecule has 4 rings (SSSR count). The lowest BCUT2D eigenvalue weighted by molar-refractivity contribution is 0.0284. The van der Waals surface area contributed by atoms with Gasteiger partial charge in [0, 0.05) is 11.1 Å². The van der Waals surface area contributed by atoms with Crippen molar-refractivity contribution in [3.8, 4) is 22.0 Å². The first-order valence-electron chi connectivity index (χ1n) is 8.84. The maximum Gasteiger partial charge on any atom is 0.351 e. The van der Waals surface area contributed by atoms with Crippen molar-refractivity contribution in [2.24, 2.45) is 0 Å². The molecule has 4 aromatic rings. The smallest absolute Gasteiger partial charge is 0.351 e. The summed E-state index contributed by atoms with van der Waals surface area (Å²) >= 11 is 1.27. The van der Waals surface area contributed by atoms with Crippen molar-refractivity contribution in [3.63, 3.8) is 0 Å². The molecule has 0 bridgehead atoms. The van der Waals surface area contributed by atoms with E-state index in [4.69, 9.17) is 9.15 Å². The van der Waals surface area contributed by atoms with Gasteiger partial charge in [0.2, 0.25) is 5.89 Å². The molecule has 2 heterocycles. The van der Waals surface area contributed by atoms with Gasteiger partial charge in [0.25, 0.3) is 5.89 Å². The quantitative estimate of drug-likeness (QED) is 0.420. The van der Waals surface area contributed by atoms with Gasteiger partial charge in [0.05, 0.1) is 5.69 Å². The molecule has 8 heteroatoms. The van der Waals surface area contributed by atoms with E-state index in [1.54, 1.807) is 13.8 Å². The van der Waals surface area contributed by atoms with Crippen LogP contribution in [0.1, 0.15) is 34.3 Å². The number of benzene rings is 2. The Morgan fingerprint density at radius 1 is 1.07 bits per heavy atom. The predicted molar refractivity (Wildman–Crippen MR) is 106 cm³/mol. The summed E-state index contributed by atoms with van der Waals surface area (Å²) in [4.78, 5) is 17.5. The number of thiazole rings is 1. The number of carbonyl (C=O) groups is 1. The van der Waals surface area contributed by atoms with E-state index >= 15 is 0 Å². The molecule has 0 saturated carbocycles. The molecule has 0 unspecified atom stereocenters. The highest BCUT2D eigenvalue weighted by Crippen LogP contribution is 2.30. The van der Waals surface area contributed by atoms with Gasteiger partial charge in [0.15, 0.2) is 6.10 Å². The van der Waals surface area contributed by atoms with Crippen molar-refractivity contribution in [2.45, 2.75) is 20.0 Å². The van der Waals surface area contributed by atoms with E-state index in [9.17, 15) is 9.18 Å². The van der Waals surface area contributed by atoms with E-state index in [0.29, 0.717) is 16.1 Å². The van der Waals surface area contributed by atoms with Gasteiger partial charge in [-0.25, -0.2) is 14.2 Å². The summed E-state index contributed by atoms with van der Waals surface area (Å²) < 4.78 is 24.1. The number of aromatic nitrogens is 3. The number of ether oxygens (including phenoxy) is 1. The number of nitrogens with zero attached hydrogens (tertiary/aromatic N) is 3. The number of aryl methyl sites for hydroxylation is 1. The Balaban J connectivity index is 1.49. The average molecular weight is 409 g/mol. The fourth-order valence-electron chi connectivity index (χ4n) is 2.66. The third-order valence-electron chi connectivity index (χ3n) is 4.17. The molecule has 6 nitrogen and oxygen atoms in total. The SMILES string of the molecule is Cc1nc(-c2ccccc2)sc1C(=O)O[C@H](C)c1nnc(-c2ccc(F)cc2)o1. The largest absolute Gasteiger partial charge is 0.448 e. The molecule has 2 aromatic heterocycles. The van der Waals surface area contributed by atoms with Crippen molar-refractivity contribution in [1.82, 2.24) is 15.2 Å². The minimum atomic E-state index is -0.745. The summed E-state index contributed by atoms with van der Waals surface area (Å²) in [5, 5.41) is 8.62. The van der Waals surface area contributed by atoms with E-state index in [1.165, 1.54) is 35.6 Å². The maximum absolute atomic E-state index is 13.1. The number of hydrogen-bond donors (Lipinski definition) is 0. The second kappa shape index (κ2) is 7.92. The zero-order chi connectivity index (χ0) is 20.4. The van der Waals surface area contributed by atoms with Crippen LogP contribution in [0, 0.1) is 12.7 Å². The zero-order valence-electron chi connectivity index (χ0n) is 15.6. The van der Waals surface area contributed by atoms with Crippen LogP contribution in [0.2, 0.25) is 0 Å². The second-order valence-corrected chi connectivity index (χ2v) is 7.30.